The molecule has 1 N–H and O–H groups in total. The van der Waals surface area contributed by atoms with Crippen LogP contribution in [-0.2, 0) is 19.7 Å². The second-order valence-electron chi connectivity index (χ2n) is 2.97. The second-order valence-corrected chi connectivity index (χ2v) is 8.43. The zero-order valence-electron chi connectivity index (χ0n) is 8.45. The van der Waals surface area contributed by atoms with Gasteiger partial charge >= 0.3 is 27.0 Å². The second kappa shape index (κ2) is 7.78. The van der Waals surface area contributed by atoms with Crippen molar-refractivity contribution in [2.24, 2.45) is 0 Å². The molecule has 0 spiro atoms. The standard InChI is InChI=1S/C5H12O5S2.BH2PS/c1-11(7,8)3-5(6)4-12(2,9)10;2-1-3/h5-6H,3-4H2,1-2H3;2H2. The van der Waals surface area contributed by atoms with Crippen molar-refractivity contribution < 1.29 is 21.9 Å². The predicted octanol–water partition coefficient (Wildman–Crippen LogP) is -0.970. The van der Waals surface area contributed by atoms with Crippen LogP contribution in [0.5, 0.6) is 0 Å². The molecule has 0 rings (SSSR count). The van der Waals surface area contributed by atoms with E-state index in [1.807, 2.05) is 0 Å². The van der Waals surface area contributed by atoms with E-state index >= 15 is 0 Å². The summed E-state index contributed by atoms with van der Waals surface area (Å²) >= 11 is 4.23. The molecule has 5 nitrogen and oxygen atoms in total. The number of hydrogen-bond acceptors (Lipinski definition) is 6. The van der Waals surface area contributed by atoms with Gasteiger partial charge in [0.1, 0.15) is 19.7 Å². The summed E-state index contributed by atoms with van der Waals surface area (Å²) in [5.74, 6) is 0.472. The summed E-state index contributed by atoms with van der Waals surface area (Å²) in [6.07, 6.45) is 0.562. The molecule has 1 unspecified atom stereocenters. The minimum atomic E-state index is -3.31. The van der Waals surface area contributed by atoms with Crippen molar-refractivity contribution >= 4 is 46.7 Å². The SMILES string of the molecule is CS(=O)(=O)CC(O)CS(C)(=O)=O.PB=S. The van der Waals surface area contributed by atoms with Gasteiger partial charge < -0.3 is 5.11 Å². The summed E-state index contributed by atoms with van der Waals surface area (Å²) in [5, 5.41) is 8.96. The molecule has 0 aliphatic heterocycles. The third kappa shape index (κ3) is 20.6. The molecule has 0 aliphatic rings. The summed E-state index contributed by atoms with van der Waals surface area (Å²) in [5.41, 5.74) is 0. The number of aliphatic hydroxyl groups excluding tert-OH is 1. The van der Waals surface area contributed by atoms with Gasteiger partial charge in [-0.25, -0.2) is 16.8 Å². The van der Waals surface area contributed by atoms with Crippen LogP contribution in [0.15, 0.2) is 0 Å². The van der Waals surface area contributed by atoms with Crippen LogP contribution < -0.4 is 0 Å². The van der Waals surface area contributed by atoms with Gasteiger partial charge in [0.05, 0.1) is 17.6 Å². The van der Waals surface area contributed by atoms with Crippen LogP contribution in [0.25, 0.3) is 0 Å². The van der Waals surface area contributed by atoms with Gasteiger partial charge in [-0.2, -0.15) is 0 Å². The maximum absolute atomic E-state index is 10.6. The van der Waals surface area contributed by atoms with E-state index in [1.54, 1.807) is 0 Å². The first kappa shape index (κ1) is 18.0. The van der Waals surface area contributed by atoms with E-state index in [2.05, 4.69) is 21.2 Å². The Bertz CT molecular complexity index is 341. The molecule has 0 amide bonds. The molecule has 0 heterocycles. The first-order chi connectivity index (χ1) is 6.52. The van der Waals surface area contributed by atoms with E-state index in [9.17, 15) is 16.8 Å². The zero-order chi connectivity index (χ0) is 12.7. The molecule has 0 saturated heterocycles. The molecular weight excluding hydrogens is 278 g/mol. The molecule has 0 aliphatic carbocycles. The van der Waals surface area contributed by atoms with Crippen molar-refractivity contribution in [3.05, 3.63) is 0 Å². The van der Waals surface area contributed by atoms with E-state index in [1.165, 1.54) is 5.87 Å². The van der Waals surface area contributed by atoms with Gasteiger partial charge in [0.15, 0.2) is 0 Å². The maximum atomic E-state index is 10.6. The Kier molecular flexibility index (Phi) is 9.32. The van der Waals surface area contributed by atoms with E-state index in [0.29, 0.717) is 0 Å². The van der Waals surface area contributed by atoms with Crippen molar-refractivity contribution in [3.63, 3.8) is 0 Å². The Morgan fingerprint density at radius 1 is 1.20 bits per heavy atom. The zero-order valence-corrected chi connectivity index (χ0v) is 12.1. The van der Waals surface area contributed by atoms with Crippen molar-refractivity contribution in [3.8, 4) is 0 Å². The van der Waals surface area contributed by atoms with Crippen LogP contribution in [0.3, 0.4) is 0 Å². The third-order valence-corrected chi connectivity index (χ3v) is 2.97. The van der Waals surface area contributed by atoms with Gasteiger partial charge in [-0.3, -0.25) is 0 Å². The van der Waals surface area contributed by atoms with Gasteiger partial charge in [-0.05, 0) is 0 Å². The number of aliphatic hydroxyl groups is 1. The van der Waals surface area contributed by atoms with E-state index in [4.69, 9.17) is 5.11 Å². The molecule has 0 fully saturated rings. The van der Waals surface area contributed by atoms with Crippen molar-refractivity contribution in [2.75, 3.05) is 24.0 Å². The molecule has 0 saturated carbocycles. The fourth-order valence-corrected chi connectivity index (χ4v) is 2.53. The van der Waals surface area contributed by atoms with Gasteiger partial charge in [0.25, 0.3) is 0 Å². The van der Waals surface area contributed by atoms with Crippen LogP contribution in [-0.4, -0.2) is 57.9 Å². The monoisotopic (exact) mass is 292 g/mol. The average Bonchev–Trinajstić information content (AvgIpc) is 1.77. The first-order valence-electron chi connectivity index (χ1n) is 3.70. The van der Waals surface area contributed by atoms with E-state index in [0.717, 1.165) is 12.5 Å². The molecule has 90 valence electrons. The summed E-state index contributed by atoms with van der Waals surface area (Å²) in [6, 6.07) is 0. The number of hydrogen-bond donors (Lipinski definition) is 1. The van der Waals surface area contributed by atoms with Crippen LogP contribution in [0.2, 0.25) is 0 Å². The summed E-state index contributed by atoms with van der Waals surface area (Å²) in [6.45, 7) is 0. The number of sulfone groups is 2. The molecule has 1 atom stereocenters. The molecule has 10 heteroatoms. The van der Waals surface area contributed by atoms with E-state index in [-0.39, 0.29) is 0 Å². The Hall–Kier alpha value is 0.575. The third-order valence-electron chi connectivity index (χ3n) is 0.990. The van der Waals surface area contributed by atoms with Gasteiger partial charge in [-0.1, -0.05) is 0 Å². The quantitative estimate of drug-likeness (QED) is 0.530. The van der Waals surface area contributed by atoms with Crippen LogP contribution >= 0.6 is 21.2 Å². The summed E-state index contributed by atoms with van der Waals surface area (Å²) < 4.78 is 42.3. The van der Waals surface area contributed by atoms with Crippen molar-refractivity contribution in [1.29, 1.82) is 0 Å². The van der Waals surface area contributed by atoms with Gasteiger partial charge in [-0.15, -0.1) is 0 Å². The van der Waals surface area contributed by atoms with E-state index < -0.39 is 37.3 Å². The first-order valence-corrected chi connectivity index (χ1v) is 8.96. The Labute approximate surface area is 98.8 Å². The Balaban J connectivity index is 0. The Morgan fingerprint density at radius 3 is 1.53 bits per heavy atom. The van der Waals surface area contributed by atoms with Crippen molar-refractivity contribution in [2.45, 2.75) is 6.10 Å². The van der Waals surface area contributed by atoms with Gasteiger partial charge in [0.2, 0.25) is 0 Å². The van der Waals surface area contributed by atoms with Crippen LogP contribution in [0, 0.1) is 0 Å². The Morgan fingerprint density at radius 2 is 1.40 bits per heavy atom. The molecule has 0 aromatic rings. The molecule has 15 heavy (non-hydrogen) atoms. The molecule has 0 radical (unpaired) electrons. The average molecular weight is 292 g/mol. The van der Waals surface area contributed by atoms with Gasteiger partial charge in [0, 0.05) is 12.5 Å². The van der Waals surface area contributed by atoms with Crippen LogP contribution in [0.1, 0.15) is 0 Å². The fraction of sp³-hybridized carbons (Fsp3) is 1.00. The molecular formula is C5H14BO5PS3. The summed E-state index contributed by atoms with van der Waals surface area (Å²) in [7, 11) is -4.35. The van der Waals surface area contributed by atoms with Crippen LogP contribution in [0.4, 0.5) is 0 Å². The predicted molar refractivity (Wildman–Crippen MR) is 68.5 cm³/mol. The molecule has 0 aromatic heterocycles. The minimum absolute atomic E-state index is 0.514. The summed E-state index contributed by atoms with van der Waals surface area (Å²) in [4.78, 5) is 0. The normalized spacial score (nSPS) is 11.5. The fourth-order valence-electron chi connectivity index (χ4n) is 0.747. The van der Waals surface area contributed by atoms with Crippen molar-refractivity contribution in [1.82, 2.24) is 0 Å². The molecule has 0 bridgehead atoms. The number of rotatable bonds is 4. The topological polar surface area (TPSA) is 88.5 Å². The molecule has 0 aromatic carbocycles.